The van der Waals surface area contributed by atoms with E-state index < -0.39 is 0 Å². The Morgan fingerprint density at radius 3 is 2.59 bits per heavy atom. The summed E-state index contributed by atoms with van der Waals surface area (Å²) in [5.74, 6) is 2.41. The molecule has 1 aliphatic rings. The van der Waals surface area contributed by atoms with Crippen LogP contribution in [-0.4, -0.2) is 36.7 Å². The maximum atomic E-state index is 11.7. The number of rotatable bonds is 4. The van der Waals surface area contributed by atoms with Crippen LogP contribution in [0.1, 0.15) is 34.1 Å². The normalized spacial score (nSPS) is 25.6. The van der Waals surface area contributed by atoms with E-state index in [1.807, 2.05) is 11.8 Å². The number of nitrogens with one attached hydrogen (secondary N) is 1. The molecule has 0 aliphatic carbocycles. The van der Waals surface area contributed by atoms with Gasteiger partial charge in [0.25, 0.3) is 0 Å². The third-order valence-electron chi connectivity index (χ3n) is 3.15. The highest BCUT2D eigenvalue weighted by atomic mass is 32.2. The molecule has 0 spiro atoms. The summed E-state index contributed by atoms with van der Waals surface area (Å²) in [6.45, 7) is 8.68. The Morgan fingerprint density at radius 1 is 1.47 bits per heavy atom. The molecule has 0 bridgehead atoms. The molecule has 1 N–H and O–H groups in total. The van der Waals surface area contributed by atoms with Gasteiger partial charge in [-0.25, -0.2) is 0 Å². The SMILES string of the molecule is COC(=O)C(NC1CSCC(C)(C)C1)C(C)C. The van der Waals surface area contributed by atoms with Crippen molar-refractivity contribution in [2.75, 3.05) is 18.6 Å². The minimum absolute atomic E-state index is 0.145. The Labute approximate surface area is 109 Å². The van der Waals surface area contributed by atoms with E-state index in [4.69, 9.17) is 4.74 Å². The molecule has 0 aromatic carbocycles. The van der Waals surface area contributed by atoms with Crippen LogP contribution in [0.3, 0.4) is 0 Å². The molecular formula is C13H25NO2S. The van der Waals surface area contributed by atoms with Crippen LogP contribution in [0.4, 0.5) is 0 Å². The maximum Gasteiger partial charge on any atom is 0.323 e. The highest BCUT2D eigenvalue weighted by Gasteiger charge is 2.32. The second kappa shape index (κ2) is 6.10. The van der Waals surface area contributed by atoms with Crippen molar-refractivity contribution in [1.82, 2.24) is 5.32 Å². The molecule has 0 radical (unpaired) electrons. The van der Waals surface area contributed by atoms with Crippen LogP contribution in [0.25, 0.3) is 0 Å². The van der Waals surface area contributed by atoms with Crippen molar-refractivity contribution in [3.8, 4) is 0 Å². The molecule has 2 unspecified atom stereocenters. The van der Waals surface area contributed by atoms with Crippen LogP contribution in [-0.2, 0) is 9.53 Å². The van der Waals surface area contributed by atoms with Gasteiger partial charge in [0.15, 0.2) is 0 Å². The Balaban J connectivity index is 2.58. The zero-order chi connectivity index (χ0) is 13.1. The first-order valence-corrected chi connectivity index (χ1v) is 7.43. The number of carbonyl (C=O) groups excluding carboxylic acids is 1. The average molecular weight is 259 g/mol. The lowest BCUT2D eigenvalue weighted by atomic mass is 9.87. The first kappa shape index (κ1) is 14.8. The smallest absolute Gasteiger partial charge is 0.323 e. The van der Waals surface area contributed by atoms with Crippen molar-refractivity contribution in [3.05, 3.63) is 0 Å². The molecule has 0 aromatic heterocycles. The molecule has 100 valence electrons. The van der Waals surface area contributed by atoms with Crippen molar-refractivity contribution < 1.29 is 9.53 Å². The predicted octanol–water partition coefficient (Wildman–Crippen LogP) is 2.31. The summed E-state index contributed by atoms with van der Waals surface area (Å²) in [4.78, 5) is 11.7. The Kier molecular flexibility index (Phi) is 5.32. The standard InChI is InChI=1S/C13H25NO2S/c1-9(2)11(12(15)16-5)14-10-6-13(3,4)8-17-7-10/h9-11,14H,6-8H2,1-5H3. The number of methoxy groups -OCH3 is 1. The highest BCUT2D eigenvalue weighted by Crippen LogP contribution is 2.33. The second-order valence-electron chi connectivity index (χ2n) is 5.99. The predicted molar refractivity (Wildman–Crippen MR) is 73.3 cm³/mol. The number of carbonyl (C=O) groups is 1. The van der Waals surface area contributed by atoms with E-state index in [0.717, 1.165) is 12.2 Å². The molecule has 0 aromatic rings. The Morgan fingerprint density at radius 2 is 2.12 bits per heavy atom. The van der Waals surface area contributed by atoms with Crippen molar-refractivity contribution in [2.45, 2.75) is 46.2 Å². The maximum absolute atomic E-state index is 11.7. The van der Waals surface area contributed by atoms with Gasteiger partial charge in [-0.1, -0.05) is 27.7 Å². The van der Waals surface area contributed by atoms with Crippen molar-refractivity contribution >= 4 is 17.7 Å². The number of ether oxygens (including phenoxy) is 1. The van der Waals surface area contributed by atoms with E-state index in [1.165, 1.54) is 12.9 Å². The first-order chi connectivity index (χ1) is 7.85. The van der Waals surface area contributed by atoms with Gasteiger partial charge in [-0.3, -0.25) is 4.79 Å². The summed E-state index contributed by atoms with van der Waals surface area (Å²) < 4.78 is 4.86. The van der Waals surface area contributed by atoms with E-state index in [0.29, 0.717) is 11.5 Å². The third-order valence-corrected chi connectivity index (χ3v) is 4.77. The quantitative estimate of drug-likeness (QED) is 0.786. The van der Waals surface area contributed by atoms with E-state index in [-0.39, 0.29) is 17.9 Å². The molecular weight excluding hydrogens is 234 g/mol. The molecule has 3 nitrogen and oxygen atoms in total. The molecule has 0 saturated carbocycles. The Hall–Kier alpha value is -0.220. The van der Waals surface area contributed by atoms with E-state index in [9.17, 15) is 4.79 Å². The van der Waals surface area contributed by atoms with Crippen LogP contribution >= 0.6 is 11.8 Å². The van der Waals surface area contributed by atoms with Gasteiger partial charge in [-0.05, 0) is 23.5 Å². The zero-order valence-corrected chi connectivity index (χ0v) is 12.4. The van der Waals surface area contributed by atoms with Crippen molar-refractivity contribution in [3.63, 3.8) is 0 Å². The van der Waals surface area contributed by atoms with E-state index >= 15 is 0 Å². The van der Waals surface area contributed by atoms with E-state index in [2.05, 4.69) is 33.0 Å². The minimum Gasteiger partial charge on any atom is -0.468 e. The monoisotopic (exact) mass is 259 g/mol. The molecule has 0 amide bonds. The van der Waals surface area contributed by atoms with Gasteiger partial charge < -0.3 is 10.1 Å². The third kappa shape index (κ3) is 4.51. The number of esters is 1. The summed E-state index contributed by atoms with van der Waals surface area (Å²) >= 11 is 1.97. The molecule has 1 heterocycles. The number of hydrogen-bond donors (Lipinski definition) is 1. The summed E-state index contributed by atoms with van der Waals surface area (Å²) in [5, 5.41) is 3.47. The van der Waals surface area contributed by atoms with Crippen LogP contribution < -0.4 is 5.32 Å². The van der Waals surface area contributed by atoms with Crippen LogP contribution in [0, 0.1) is 11.3 Å². The summed E-state index contributed by atoms with van der Waals surface area (Å²) in [5.41, 5.74) is 0.359. The summed E-state index contributed by atoms with van der Waals surface area (Å²) in [6, 6.07) is 0.231. The Bertz CT molecular complexity index is 266. The van der Waals surface area contributed by atoms with Gasteiger partial charge in [0.1, 0.15) is 6.04 Å². The fourth-order valence-corrected chi connectivity index (χ4v) is 3.57. The van der Waals surface area contributed by atoms with Gasteiger partial charge in [0, 0.05) is 11.8 Å². The molecule has 1 rings (SSSR count). The summed E-state index contributed by atoms with van der Waals surface area (Å²) in [7, 11) is 1.46. The van der Waals surface area contributed by atoms with Crippen molar-refractivity contribution in [2.24, 2.45) is 11.3 Å². The van der Waals surface area contributed by atoms with Gasteiger partial charge >= 0.3 is 5.97 Å². The molecule has 1 fully saturated rings. The van der Waals surface area contributed by atoms with Gasteiger partial charge in [0.05, 0.1) is 7.11 Å². The van der Waals surface area contributed by atoms with Gasteiger partial charge in [-0.2, -0.15) is 11.8 Å². The largest absolute Gasteiger partial charge is 0.468 e. The molecule has 4 heteroatoms. The molecule has 1 aliphatic heterocycles. The van der Waals surface area contributed by atoms with Gasteiger partial charge in [-0.15, -0.1) is 0 Å². The summed E-state index contributed by atoms with van der Waals surface area (Å²) in [6.07, 6.45) is 1.13. The average Bonchev–Trinajstić information content (AvgIpc) is 2.23. The minimum atomic E-state index is -0.181. The van der Waals surface area contributed by atoms with E-state index in [1.54, 1.807) is 0 Å². The highest BCUT2D eigenvalue weighted by molar-refractivity contribution is 7.99. The second-order valence-corrected chi connectivity index (χ2v) is 7.02. The molecule has 2 atom stereocenters. The first-order valence-electron chi connectivity index (χ1n) is 6.27. The number of hydrogen-bond acceptors (Lipinski definition) is 4. The fraction of sp³-hybridized carbons (Fsp3) is 0.923. The van der Waals surface area contributed by atoms with Crippen LogP contribution in [0.5, 0.6) is 0 Å². The topological polar surface area (TPSA) is 38.3 Å². The van der Waals surface area contributed by atoms with Crippen molar-refractivity contribution in [1.29, 1.82) is 0 Å². The van der Waals surface area contributed by atoms with Crippen LogP contribution in [0.2, 0.25) is 0 Å². The van der Waals surface area contributed by atoms with Crippen LogP contribution in [0.15, 0.2) is 0 Å². The number of thioether (sulfide) groups is 1. The molecule has 17 heavy (non-hydrogen) atoms. The lowest BCUT2D eigenvalue weighted by Crippen LogP contribution is -2.50. The lowest BCUT2D eigenvalue weighted by molar-refractivity contribution is -0.144. The zero-order valence-electron chi connectivity index (χ0n) is 11.6. The molecule has 1 saturated heterocycles. The fourth-order valence-electron chi connectivity index (χ4n) is 2.28. The van der Waals surface area contributed by atoms with Gasteiger partial charge in [0.2, 0.25) is 0 Å². The lowest BCUT2D eigenvalue weighted by Gasteiger charge is -2.37.